The number of hydrogen-bond donors (Lipinski definition) is 0. The van der Waals surface area contributed by atoms with Gasteiger partial charge in [0.1, 0.15) is 0 Å². The molecule has 3 fully saturated rings. The second-order valence-corrected chi connectivity index (χ2v) is 16.5. The van der Waals surface area contributed by atoms with Crippen LogP contribution in [0.2, 0.25) is 0 Å². The molecule has 0 aromatic heterocycles. The summed E-state index contributed by atoms with van der Waals surface area (Å²) in [6, 6.07) is 0. The fourth-order valence-electron chi connectivity index (χ4n) is 6.29. The molecule has 2 aliphatic heterocycles. The molecule has 1 saturated heterocycles. The summed E-state index contributed by atoms with van der Waals surface area (Å²) in [4.78, 5) is 0. The van der Waals surface area contributed by atoms with E-state index in [4.69, 9.17) is 94.6 Å². The van der Waals surface area contributed by atoms with Crippen molar-refractivity contribution in [2.75, 3.05) is 18.6 Å². The predicted molar refractivity (Wildman–Crippen MR) is 235 cm³/mol. The molecule has 0 aromatic carbocycles. The van der Waals surface area contributed by atoms with E-state index < -0.39 is 38.3 Å². The van der Waals surface area contributed by atoms with Gasteiger partial charge in [0.05, 0.1) is 39.4 Å². The first-order chi connectivity index (χ1) is 20.5. The minimum absolute atomic E-state index is 0. The molecule has 0 amide bonds. The molecular formula is C22H38B15Br4Cl2O2. The quantitative estimate of drug-likeness (QED) is 0.228. The first-order valence-corrected chi connectivity index (χ1v) is 21.2. The van der Waals surface area contributed by atoms with Gasteiger partial charge in [0.25, 0.3) is 0 Å². The van der Waals surface area contributed by atoms with Gasteiger partial charge in [-0.05, 0) is 75.4 Å². The lowest BCUT2D eigenvalue weighted by Crippen LogP contribution is -2.73. The Hall–Kier alpha value is 3.13. The number of ether oxygens (including phenoxy) is 2. The topological polar surface area (TPSA) is 18.5 Å². The van der Waals surface area contributed by atoms with E-state index in [2.05, 4.69) is 87.8 Å². The van der Waals surface area contributed by atoms with Crippen LogP contribution in [0.4, 0.5) is 0 Å². The van der Waals surface area contributed by atoms with E-state index >= 15 is 0 Å². The third kappa shape index (κ3) is 15.7. The third-order valence-corrected chi connectivity index (χ3v) is 12.2. The fourth-order valence-corrected chi connectivity index (χ4v) is 7.54. The summed E-state index contributed by atoms with van der Waals surface area (Å²) in [5.74, 6) is 1.69. The smallest absolute Gasteiger partial charge is 0.0967 e. The van der Waals surface area contributed by atoms with E-state index in [-0.39, 0.29) is 21.4 Å². The zero-order valence-electron chi connectivity index (χ0n) is 26.4. The predicted octanol–water partition coefficient (Wildman–Crippen LogP) is 4.05. The molecule has 2 heterocycles. The first kappa shape index (κ1) is 50.2. The van der Waals surface area contributed by atoms with E-state index in [9.17, 15) is 0 Å². The Balaban J connectivity index is 0. The number of fused-ring (bicyclic) bond motifs is 2. The highest BCUT2D eigenvalue weighted by atomic mass is 80.9. The second kappa shape index (κ2) is 25.2. The molecule has 0 spiro atoms. The Labute approximate surface area is 332 Å². The second-order valence-electron chi connectivity index (χ2n) is 12.5. The summed E-state index contributed by atoms with van der Waals surface area (Å²) in [6.07, 6.45) is 4.78. The molecule has 23 heteroatoms. The molecule has 17 radical (unpaired) electrons. The van der Waals surface area contributed by atoms with Crippen LogP contribution >= 0.6 is 83.3 Å². The van der Waals surface area contributed by atoms with E-state index in [0.29, 0.717) is 12.2 Å². The Morgan fingerprint density at radius 1 is 0.889 bits per heavy atom. The maximum atomic E-state index is 5.85. The molecule has 0 N–H and O–H groups in total. The van der Waals surface area contributed by atoms with Gasteiger partial charge in [-0.15, -0.1) is 23.2 Å². The molecule has 0 aromatic rings. The standard InChI is InChI=1S/C10H16Br2O.C10H16O.CH2Cl2.CH4.B15.Br2/c1-7-3-4-10(12)8(5-7)13-6-9(10,2)11;1-7-3-4-9-8(2)6-11-10(9)5-7;2-1-3;;1-9-13(8)15(12(6)7)14(10(2)3)11(4)5;1-2/h7-8H,3-6H2,1-2H3;7,10H,3-6H2,1-2H3;1H2;1H4;;/t7?,8?,9-,10-;;;;;/m0...../s1. The van der Waals surface area contributed by atoms with Crippen molar-refractivity contribution in [1.29, 1.82) is 0 Å². The van der Waals surface area contributed by atoms with E-state index in [0.717, 1.165) is 25.0 Å². The normalized spacial score (nSPS) is 28.9. The van der Waals surface area contributed by atoms with Gasteiger partial charge in [-0.25, -0.2) is 0 Å². The van der Waals surface area contributed by atoms with Crippen LogP contribution in [0.15, 0.2) is 11.1 Å². The third-order valence-electron chi connectivity index (χ3n) is 8.96. The number of alkyl halides is 4. The monoisotopic (exact) mass is 885 g/mol. The van der Waals surface area contributed by atoms with Crippen molar-refractivity contribution < 1.29 is 9.47 Å². The van der Waals surface area contributed by atoms with Gasteiger partial charge in [0.2, 0.25) is 0 Å². The van der Waals surface area contributed by atoms with Crippen LogP contribution in [-0.2, 0) is 9.47 Å². The maximum absolute atomic E-state index is 5.85. The van der Waals surface area contributed by atoms with Crippen LogP contribution < -0.4 is 0 Å². The zero-order valence-corrected chi connectivity index (χ0v) is 34.3. The summed E-state index contributed by atoms with van der Waals surface area (Å²) in [7, 11) is 45.8. The summed E-state index contributed by atoms with van der Waals surface area (Å²) in [6.45, 7) is 10.8. The maximum Gasteiger partial charge on any atom is 0.0967 e. The Morgan fingerprint density at radius 2 is 1.38 bits per heavy atom. The van der Waals surface area contributed by atoms with Gasteiger partial charge in [-0.2, -0.15) is 0 Å². The molecule has 4 rings (SSSR count). The van der Waals surface area contributed by atoms with Crippen LogP contribution in [-0.4, -0.2) is 147 Å². The highest BCUT2D eigenvalue weighted by molar-refractivity contribution is 9.93. The van der Waals surface area contributed by atoms with Crippen LogP contribution in [0.1, 0.15) is 73.6 Å². The fraction of sp³-hybridized carbons (Fsp3) is 0.909. The lowest BCUT2D eigenvalue weighted by atomic mass is 8.46. The SMILES string of the molecule is BrBr.C.CC1=C2CCC(C)CC2OC1.CC1CC[C@]2(Br)C(C1)OC[C@]2(C)Br.ClCCl.[B][B]B([B])B(B([B])[B])B(B([B])[B])B([B])[B]. The Bertz CT molecular complexity index is 835. The molecule has 4 unspecified atom stereocenters. The summed E-state index contributed by atoms with van der Waals surface area (Å²) in [5.41, 5.74) is 3.12. The number of rotatable bonds is 6. The van der Waals surface area contributed by atoms with Gasteiger partial charge in [-0.1, -0.05) is 53.1 Å². The van der Waals surface area contributed by atoms with Gasteiger partial charge in [0, 0.05) is 136 Å². The van der Waals surface area contributed by atoms with Crippen molar-refractivity contribution in [1.82, 2.24) is 0 Å². The zero-order chi connectivity index (χ0) is 34.4. The van der Waals surface area contributed by atoms with Crippen molar-refractivity contribution in [2.45, 2.75) is 94.5 Å². The van der Waals surface area contributed by atoms with Crippen molar-refractivity contribution in [3.63, 3.8) is 0 Å². The van der Waals surface area contributed by atoms with Crippen LogP contribution in [0.25, 0.3) is 0 Å². The number of halogens is 6. The van der Waals surface area contributed by atoms with E-state index in [1.807, 2.05) is 0 Å². The van der Waals surface area contributed by atoms with E-state index in [1.54, 1.807) is 5.57 Å². The lowest BCUT2D eigenvalue weighted by molar-refractivity contribution is 0.0610. The van der Waals surface area contributed by atoms with Crippen LogP contribution in [0.5, 0.6) is 0 Å². The average Bonchev–Trinajstić information content (AvgIpc) is 3.43. The molecule has 2 nitrogen and oxygen atoms in total. The van der Waals surface area contributed by atoms with Crippen molar-refractivity contribution in [3.05, 3.63) is 11.1 Å². The molecule has 2 saturated carbocycles. The number of hydrogen-bond acceptors (Lipinski definition) is 2. The Morgan fingerprint density at radius 3 is 1.84 bits per heavy atom. The largest absolute Gasteiger partial charge is 0.375 e. The van der Waals surface area contributed by atoms with Gasteiger partial charge >= 0.3 is 0 Å². The minimum Gasteiger partial charge on any atom is -0.375 e. The molecular weight excluding hydrogens is 849 g/mol. The average molecular weight is 887 g/mol. The van der Waals surface area contributed by atoms with Gasteiger partial charge in [0.15, 0.2) is 0 Å². The summed E-state index contributed by atoms with van der Waals surface area (Å²) < 4.78 is 11.8. The summed E-state index contributed by atoms with van der Waals surface area (Å²) in [5, 5.41) is 0.194. The minimum atomic E-state index is -0.754. The van der Waals surface area contributed by atoms with Crippen molar-refractivity contribution in [2.24, 2.45) is 11.8 Å². The highest BCUT2D eigenvalue weighted by Gasteiger charge is 2.57. The Kier molecular flexibility index (Phi) is 28.1. The van der Waals surface area contributed by atoms with Crippen molar-refractivity contribution in [3.8, 4) is 0 Å². The molecule has 2 aliphatic carbocycles. The first-order valence-electron chi connectivity index (χ1n) is 14.9. The molecule has 0 bridgehead atoms. The van der Waals surface area contributed by atoms with Gasteiger partial charge in [-0.3, -0.25) is 0 Å². The molecule has 45 heavy (non-hydrogen) atoms. The van der Waals surface area contributed by atoms with Crippen molar-refractivity contribution >= 4 is 191 Å². The molecule has 4 aliphatic rings. The van der Waals surface area contributed by atoms with E-state index in [1.165, 1.54) is 51.2 Å². The lowest BCUT2D eigenvalue weighted by Gasteiger charge is -2.41. The van der Waals surface area contributed by atoms with Crippen LogP contribution in [0.3, 0.4) is 0 Å². The van der Waals surface area contributed by atoms with Gasteiger partial charge < -0.3 is 9.47 Å². The molecule has 6 atom stereocenters. The summed E-state index contributed by atoms with van der Waals surface area (Å²) >= 11 is 22.7. The molecule has 225 valence electrons. The van der Waals surface area contributed by atoms with Crippen LogP contribution in [0, 0.1) is 11.8 Å². The highest BCUT2D eigenvalue weighted by Crippen LogP contribution is 2.54.